The number of aromatic nitrogens is 1. The number of benzene rings is 2. The molecule has 1 aliphatic rings. The Balaban J connectivity index is 1.56. The van der Waals surface area contributed by atoms with Crippen molar-refractivity contribution in [2.24, 2.45) is 16.8 Å². The van der Waals surface area contributed by atoms with Crippen LogP contribution in [0.1, 0.15) is 5.56 Å². The van der Waals surface area contributed by atoms with Crippen molar-refractivity contribution < 1.29 is 18.3 Å². The number of pyridine rings is 1. The second-order valence-corrected chi connectivity index (χ2v) is 8.94. The average Bonchev–Trinajstić information content (AvgIpc) is 2.93. The fraction of sp³-hybridized carbons (Fsp3) is 0.308. The van der Waals surface area contributed by atoms with E-state index in [1.807, 2.05) is 43.3 Å². The number of hydrogen-bond donors (Lipinski definition) is 3. The van der Waals surface area contributed by atoms with E-state index in [1.54, 1.807) is 12.3 Å². The fourth-order valence-electron chi connectivity index (χ4n) is 4.08. The van der Waals surface area contributed by atoms with E-state index in [0.717, 1.165) is 29.3 Å². The van der Waals surface area contributed by atoms with Crippen LogP contribution in [0.5, 0.6) is 5.75 Å². The Morgan fingerprint density at radius 3 is 2.58 bits per heavy atom. The molecule has 3 aromatic rings. The number of halogens is 2. The SMILES string of the molecule is CN(C)c1cccc(-c2cnc(N)c(/C(=N/N)N(N)c3ccc(OCCN4CCOCC4)c(F)c3F)c2)c1. The maximum Gasteiger partial charge on any atom is 0.202 e. The number of hydrazone groups is 1. The van der Waals surface area contributed by atoms with E-state index in [4.69, 9.17) is 26.9 Å². The molecule has 0 amide bonds. The van der Waals surface area contributed by atoms with Gasteiger partial charge in [0.15, 0.2) is 17.4 Å². The zero-order valence-electron chi connectivity index (χ0n) is 21.4. The third-order valence-electron chi connectivity index (χ3n) is 6.26. The Kier molecular flexibility index (Phi) is 8.56. The lowest BCUT2D eigenvalue weighted by molar-refractivity contribution is 0.0320. The van der Waals surface area contributed by atoms with Gasteiger partial charge in [-0.2, -0.15) is 9.49 Å². The Morgan fingerprint density at radius 2 is 1.87 bits per heavy atom. The molecular weight excluding hydrogens is 494 g/mol. The average molecular weight is 527 g/mol. The number of nitrogen functional groups attached to an aromatic ring is 1. The van der Waals surface area contributed by atoms with Gasteiger partial charge in [-0.25, -0.2) is 15.2 Å². The predicted octanol–water partition coefficient (Wildman–Crippen LogP) is 2.39. The van der Waals surface area contributed by atoms with E-state index in [2.05, 4.69) is 15.0 Å². The maximum absolute atomic E-state index is 15.1. The van der Waals surface area contributed by atoms with Crippen LogP contribution < -0.4 is 32.1 Å². The van der Waals surface area contributed by atoms with Gasteiger partial charge in [-0.3, -0.25) is 9.91 Å². The van der Waals surface area contributed by atoms with Crippen molar-refractivity contribution in [3.63, 3.8) is 0 Å². The van der Waals surface area contributed by atoms with Crippen LogP contribution in [0.25, 0.3) is 11.1 Å². The summed E-state index contributed by atoms with van der Waals surface area (Å²) >= 11 is 0. The molecule has 10 nitrogen and oxygen atoms in total. The van der Waals surface area contributed by atoms with Crippen molar-refractivity contribution in [3.8, 4) is 16.9 Å². The van der Waals surface area contributed by atoms with Crippen LogP contribution >= 0.6 is 0 Å². The number of nitrogens with two attached hydrogens (primary N) is 3. The highest BCUT2D eigenvalue weighted by Gasteiger charge is 2.24. The first-order valence-electron chi connectivity index (χ1n) is 12.1. The zero-order valence-corrected chi connectivity index (χ0v) is 21.4. The molecule has 202 valence electrons. The van der Waals surface area contributed by atoms with Crippen LogP contribution in [0.15, 0.2) is 53.8 Å². The monoisotopic (exact) mass is 526 g/mol. The van der Waals surface area contributed by atoms with Crippen molar-refractivity contribution in [2.45, 2.75) is 0 Å². The third kappa shape index (κ3) is 5.93. The molecule has 1 aromatic heterocycles. The normalized spacial score (nSPS) is 14.4. The van der Waals surface area contributed by atoms with Crippen LogP contribution in [0.4, 0.5) is 26.0 Å². The van der Waals surface area contributed by atoms with Crippen molar-refractivity contribution in [2.75, 3.05) is 69.2 Å². The molecule has 0 saturated carbocycles. The number of hydrogen-bond acceptors (Lipinski definition) is 9. The summed E-state index contributed by atoms with van der Waals surface area (Å²) in [6.45, 7) is 3.58. The zero-order chi connectivity index (χ0) is 27.2. The van der Waals surface area contributed by atoms with Crippen LogP contribution in [-0.2, 0) is 4.74 Å². The highest BCUT2D eigenvalue weighted by atomic mass is 19.2. The topological polar surface area (TPSA) is 131 Å². The van der Waals surface area contributed by atoms with Gasteiger partial charge in [0.05, 0.1) is 24.5 Å². The fourth-order valence-corrected chi connectivity index (χ4v) is 4.08. The number of rotatable bonds is 8. The number of morpholine rings is 1. The summed E-state index contributed by atoms with van der Waals surface area (Å²) in [5.74, 6) is 9.20. The highest BCUT2D eigenvalue weighted by Crippen LogP contribution is 2.30. The number of nitrogens with zero attached hydrogens (tertiary/aromatic N) is 5. The van der Waals surface area contributed by atoms with Gasteiger partial charge < -0.3 is 25.9 Å². The van der Waals surface area contributed by atoms with Gasteiger partial charge in [-0.1, -0.05) is 12.1 Å². The molecule has 0 atom stereocenters. The standard InChI is InChI=1S/C26H32F2N8O2/c1-34(2)19-5-3-4-17(14-19)18-15-20(25(29)32-16-18)26(33-30)36(31)21-6-7-22(24(28)23(21)27)38-13-10-35-8-11-37-12-9-35/h3-7,14-16H,8-13,30-31H2,1-2H3,(H2,29,32)/b33-26-. The molecule has 1 saturated heterocycles. The minimum absolute atomic E-state index is 0.0705. The molecule has 0 unspecified atom stereocenters. The lowest BCUT2D eigenvalue weighted by atomic mass is 10.0. The lowest BCUT2D eigenvalue weighted by Crippen LogP contribution is -2.40. The van der Waals surface area contributed by atoms with Crippen molar-refractivity contribution in [3.05, 3.63) is 65.9 Å². The molecule has 12 heteroatoms. The second kappa shape index (κ2) is 12.0. The van der Waals surface area contributed by atoms with Gasteiger partial charge in [0.2, 0.25) is 5.82 Å². The van der Waals surface area contributed by atoms with Gasteiger partial charge in [-0.05, 0) is 35.9 Å². The summed E-state index contributed by atoms with van der Waals surface area (Å²) in [6.07, 6.45) is 1.60. The number of amidine groups is 1. The molecule has 2 heterocycles. The van der Waals surface area contributed by atoms with Crippen LogP contribution in [0, 0.1) is 11.6 Å². The van der Waals surface area contributed by atoms with Gasteiger partial charge in [-0.15, -0.1) is 0 Å². The van der Waals surface area contributed by atoms with Crippen molar-refractivity contribution in [1.82, 2.24) is 9.88 Å². The van der Waals surface area contributed by atoms with E-state index in [0.29, 0.717) is 25.3 Å². The largest absolute Gasteiger partial charge is 0.489 e. The van der Waals surface area contributed by atoms with Crippen LogP contribution in [-0.4, -0.2) is 69.3 Å². The smallest absolute Gasteiger partial charge is 0.202 e. The van der Waals surface area contributed by atoms with Crippen LogP contribution in [0.3, 0.4) is 0 Å². The molecule has 1 aliphatic heterocycles. The first kappa shape index (κ1) is 27.0. The first-order valence-corrected chi connectivity index (χ1v) is 12.1. The molecule has 0 spiro atoms. The lowest BCUT2D eigenvalue weighted by Gasteiger charge is -2.26. The minimum atomic E-state index is -1.21. The molecule has 2 aromatic carbocycles. The molecule has 1 fully saturated rings. The van der Waals surface area contributed by atoms with E-state index < -0.39 is 11.6 Å². The minimum Gasteiger partial charge on any atom is -0.489 e. The molecule has 0 radical (unpaired) electrons. The van der Waals surface area contributed by atoms with Gasteiger partial charge in [0, 0.05) is 51.2 Å². The molecule has 6 N–H and O–H groups in total. The Bertz CT molecular complexity index is 1300. The third-order valence-corrected chi connectivity index (χ3v) is 6.26. The summed E-state index contributed by atoms with van der Waals surface area (Å²) < 4.78 is 40.8. The summed E-state index contributed by atoms with van der Waals surface area (Å²) in [6, 6.07) is 12.1. The van der Waals surface area contributed by atoms with Crippen LogP contribution in [0.2, 0.25) is 0 Å². The molecular formula is C26H32F2N8O2. The summed E-state index contributed by atoms with van der Waals surface area (Å²) in [4.78, 5) is 8.34. The van der Waals surface area contributed by atoms with Gasteiger partial charge >= 0.3 is 0 Å². The van der Waals surface area contributed by atoms with E-state index in [1.165, 1.54) is 12.1 Å². The Morgan fingerprint density at radius 1 is 1.11 bits per heavy atom. The number of anilines is 3. The molecule has 4 rings (SSSR count). The molecule has 0 bridgehead atoms. The highest BCUT2D eigenvalue weighted by molar-refractivity contribution is 6.12. The quantitative estimate of drug-likeness (QED) is 0.175. The van der Waals surface area contributed by atoms with Gasteiger partial charge in [0.1, 0.15) is 12.4 Å². The summed E-state index contributed by atoms with van der Waals surface area (Å²) in [5, 5.41) is 4.56. The summed E-state index contributed by atoms with van der Waals surface area (Å²) in [7, 11) is 3.87. The number of hydrazine groups is 1. The van der Waals surface area contributed by atoms with Crippen molar-refractivity contribution in [1.29, 1.82) is 0 Å². The van der Waals surface area contributed by atoms with Crippen molar-refractivity contribution >= 4 is 23.0 Å². The van der Waals surface area contributed by atoms with Gasteiger partial charge in [0.25, 0.3) is 0 Å². The van der Waals surface area contributed by atoms with E-state index in [-0.39, 0.29) is 35.3 Å². The second-order valence-electron chi connectivity index (χ2n) is 8.94. The Labute approximate surface area is 220 Å². The van der Waals surface area contributed by atoms with E-state index in [9.17, 15) is 4.39 Å². The molecule has 38 heavy (non-hydrogen) atoms. The predicted molar refractivity (Wildman–Crippen MR) is 145 cm³/mol. The Hall–Kier alpha value is -4.00. The summed E-state index contributed by atoms with van der Waals surface area (Å²) in [5.41, 5.74) is 8.63. The number of ether oxygens (including phenoxy) is 2. The van der Waals surface area contributed by atoms with E-state index >= 15 is 4.39 Å². The molecule has 0 aliphatic carbocycles. The first-order chi connectivity index (χ1) is 18.3. The maximum atomic E-state index is 15.1.